The van der Waals surface area contributed by atoms with E-state index in [0.29, 0.717) is 6.61 Å². The number of nitrogens with zero attached hydrogens (tertiary/aromatic N) is 1. The van der Waals surface area contributed by atoms with Gasteiger partial charge in [0.05, 0.1) is 6.61 Å². The molecule has 1 aromatic heterocycles. The van der Waals surface area contributed by atoms with Crippen molar-refractivity contribution in [2.75, 3.05) is 13.2 Å². The Balaban J connectivity index is 2.55. The molecule has 0 aliphatic rings. The van der Waals surface area contributed by atoms with E-state index in [-0.39, 0.29) is 0 Å². The van der Waals surface area contributed by atoms with Gasteiger partial charge in [0, 0.05) is 29.7 Å². The zero-order chi connectivity index (χ0) is 13.8. The van der Waals surface area contributed by atoms with Crippen LogP contribution in [0, 0.1) is 6.92 Å². The van der Waals surface area contributed by atoms with Crippen LogP contribution in [0.1, 0.15) is 32.0 Å². The third-order valence-electron chi connectivity index (χ3n) is 3.60. The largest absolute Gasteiger partial charge is 0.494 e. The highest BCUT2D eigenvalue weighted by molar-refractivity contribution is 5.87. The molecule has 0 saturated carbocycles. The van der Waals surface area contributed by atoms with Gasteiger partial charge in [-0.05, 0) is 51.1 Å². The number of hydrogen-bond acceptors (Lipinski definition) is 2. The molecule has 0 spiro atoms. The number of aromatic nitrogens is 1. The Kier molecular flexibility index (Phi) is 4.48. The summed E-state index contributed by atoms with van der Waals surface area (Å²) in [5, 5.41) is 4.74. The van der Waals surface area contributed by atoms with Crippen molar-refractivity contribution in [2.45, 2.75) is 40.8 Å². The molecule has 0 amide bonds. The highest BCUT2D eigenvalue weighted by Crippen LogP contribution is 2.29. The van der Waals surface area contributed by atoms with E-state index in [2.05, 4.69) is 48.9 Å². The molecule has 0 bridgehead atoms. The Morgan fingerprint density at radius 1 is 1.21 bits per heavy atom. The number of fused-ring (bicyclic) bond motifs is 1. The SMILES string of the molecule is CCNCc1c(C)n(CC)c2ccc(OCC)cc12. The third kappa shape index (κ3) is 2.61. The lowest BCUT2D eigenvalue weighted by atomic mass is 10.1. The second-order valence-corrected chi connectivity index (χ2v) is 4.70. The molecule has 0 aliphatic heterocycles. The quantitative estimate of drug-likeness (QED) is 0.860. The zero-order valence-electron chi connectivity index (χ0n) is 12.4. The molecule has 1 aromatic carbocycles. The lowest BCUT2D eigenvalue weighted by molar-refractivity contribution is 0.340. The topological polar surface area (TPSA) is 26.2 Å². The van der Waals surface area contributed by atoms with Crippen LogP contribution in [0.15, 0.2) is 18.2 Å². The summed E-state index contributed by atoms with van der Waals surface area (Å²) in [7, 11) is 0. The van der Waals surface area contributed by atoms with Crippen molar-refractivity contribution in [3.8, 4) is 5.75 Å². The second kappa shape index (κ2) is 6.11. The number of benzene rings is 1. The Morgan fingerprint density at radius 3 is 2.63 bits per heavy atom. The van der Waals surface area contributed by atoms with Crippen molar-refractivity contribution in [3.05, 3.63) is 29.5 Å². The highest BCUT2D eigenvalue weighted by atomic mass is 16.5. The molecule has 1 heterocycles. The van der Waals surface area contributed by atoms with Gasteiger partial charge in [0.2, 0.25) is 0 Å². The van der Waals surface area contributed by atoms with Crippen LogP contribution >= 0.6 is 0 Å². The fourth-order valence-electron chi connectivity index (χ4n) is 2.67. The Bertz CT molecular complexity index is 557. The van der Waals surface area contributed by atoms with Crippen molar-refractivity contribution in [1.29, 1.82) is 0 Å². The lowest BCUT2D eigenvalue weighted by Crippen LogP contribution is -2.12. The van der Waals surface area contributed by atoms with E-state index in [1.54, 1.807) is 0 Å². The van der Waals surface area contributed by atoms with Gasteiger partial charge >= 0.3 is 0 Å². The summed E-state index contributed by atoms with van der Waals surface area (Å²) in [5.41, 5.74) is 4.05. The first kappa shape index (κ1) is 13.9. The summed E-state index contributed by atoms with van der Waals surface area (Å²) in [6.45, 7) is 12.2. The first-order valence-electron chi connectivity index (χ1n) is 7.18. The molecule has 104 valence electrons. The van der Waals surface area contributed by atoms with Crippen LogP contribution in [-0.4, -0.2) is 17.7 Å². The summed E-state index contributed by atoms with van der Waals surface area (Å²) in [6, 6.07) is 6.41. The van der Waals surface area contributed by atoms with Crippen LogP contribution in [0.2, 0.25) is 0 Å². The standard InChI is InChI=1S/C16H24N2O/c1-5-17-11-15-12(4)18(6-2)16-9-8-13(19-7-3)10-14(15)16/h8-10,17H,5-7,11H2,1-4H3. The number of hydrogen-bond donors (Lipinski definition) is 1. The van der Waals surface area contributed by atoms with Crippen molar-refractivity contribution >= 4 is 10.9 Å². The number of aryl methyl sites for hydroxylation is 1. The fourth-order valence-corrected chi connectivity index (χ4v) is 2.67. The van der Waals surface area contributed by atoms with Gasteiger partial charge in [0.15, 0.2) is 0 Å². The molecule has 19 heavy (non-hydrogen) atoms. The minimum atomic E-state index is 0.710. The lowest BCUT2D eigenvalue weighted by Gasteiger charge is -2.05. The summed E-state index contributed by atoms with van der Waals surface area (Å²) in [6.07, 6.45) is 0. The van der Waals surface area contributed by atoms with Gasteiger partial charge in [-0.2, -0.15) is 0 Å². The summed E-state index contributed by atoms with van der Waals surface area (Å²) in [4.78, 5) is 0. The van der Waals surface area contributed by atoms with E-state index < -0.39 is 0 Å². The molecule has 2 rings (SSSR count). The predicted molar refractivity (Wildman–Crippen MR) is 80.9 cm³/mol. The van der Waals surface area contributed by atoms with Gasteiger partial charge in [-0.3, -0.25) is 0 Å². The van der Waals surface area contributed by atoms with Gasteiger partial charge in [-0.1, -0.05) is 6.92 Å². The van der Waals surface area contributed by atoms with E-state index >= 15 is 0 Å². The van der Waals surface area contributed by atoms with Crippen LogP contribution in [0.3, 0.4) is 0 Å². The first-order chi connectivity index (χ1) is 9.22. The minimum absolute atomic E-state index is 0.710. The maximum Gasteiger partial charge on any atom is 0.120 e. The average Bonchev–Trinajstić information content (AvgIpc) is 2.68. The second-order valence-electron chi connectivity index (χ2n) is 4.70. The molecule has 3 heteroatoms. The summed E-state index contributed by atoms with van der Waals surface area (Å²) in [5.74, 6) is 0.959. The molecule has 0 atom stereocenters. The van der Waals surface area contributed by atoms with Crippen molar-refractivity contribution in [3.63, 3.8) is 0 Å². The molecule has 1 N–H and O–H groups in total. The van der Waals surface area contributed by atoms with E-state index in [1.807, 2.05) is 6.92 Å². The third-order valence-corrected chi connectivity index (χ3v) is 3.60. The monoisotopic (exact) mass is 260 g/mol. The van der Waals surface area contributed by atoms with Crippen LogP contribution in [0.5, 0.6) is 5.75 Å². The summed E-state index contributed by atoms with van der Waals surface area (Å²) < 4.78 is 8.00. The molecule has 2 aromatic rings. The van der Waals surface area contributed by atoms with E-state index in [4.69, 9.17) is 4.74 Å². The van der Waals surface area contributed by atoms with Gasteiger partial charge in [-0.25, -0.2) is 0 Å². The van der Waals surface area contributed by atoms with Crippen molar-refractivity contribution < 1.29 is 4.74 Å². The number of ether oxygens (including phenoxy) is 1. The normalized spacial score (nSPS) is 11.2. The Labute approximate surface area is 115 Å². The predicted octanol–water partition coefficient (Wildman–Crippen LogP) is 3.48. The number of rotatable bonds is 6. The Morgan fingerprint density at radius 2 is 2.00 bits per heavy atom. The van der Waals surface area contributed by atoms with E-state index in [1.165, 1.54) is 22.2 Å². The van der Waals surface area contributed by atoms with Gasteiger partial charge in [0.1, 0.15) is 5.75 Å². The van der Waals surface area contributed by atoms with E-state index in [9.17, 15) is 0 Å². The molecule has 0 fully saturated rings. The van der Waals surface area contributed by atoms with E-state index in [0.717, 1.165) is 25.4 Å². The molecule has 0 aliphatic carbocycles. The maximum absolute atomic E-state index is 5.63. The van der Waals surface area contributed by atoms with Crippen LogP contribution in [-0.2, 0) is 13.1 Å². The van der Waals surface area contributed by atoms with Crippen LogP contribution < -0.4 is 10.1 Å². The van der Waals surface area contributed by atoms with Crippen LogP contribution in [0.4, 0.5) is 0 Å². The molecular weight excluding hydrogens is 236 g/mol. The molecule has 3 nitrogen and oxygen atoms in total. The Hall–Kier alpha value is -1.48. The fraction of sp³-hybridized carbons (Fsp3) is 0.500. The number of nitrogens with one attached hydrogen (secondary N) is 1. The zero-order valence-corrected chi connectivity index (χ0v) is 12.4. The van der Waals surface area contributed by atoms with Gasteiger partial charge in [0.25, 0.3) is 0 Å². The molecule has 0 radical (unpaired) electrons. The average molecular weight is 260 g/mol. The minimum Gasteiger partial charge on any atom is -0.494 e. The molecular formula is C16H24N2O. The van der Waals surface area contributed by atoms with Crippen molar-refractivity contribution in [2.24, 2.45) is 0 Å². The molecule has 0 saturated heterocycles. The summed E-state index contributed by atoms with van der Waals surface area (Å²) >= 11 is 0. The van der Waals surface area contributed by atoms with Crippen molar-refractivity contribution in [1.82, 2.24) is 9.88 Å². The highest BCUT2D eigenvalue weighted by Gasteiger charge is 2.13. The van der Waals surface area contributed by atoms with Gasteiger partial charge in [-0.15, -0.1) is 0 Å². The maximum atomic E-state index is 5.63. The van der Waals surface area contributed by atoms with Crippen LogP contribution in [0.25, 0.3) is 10.9 Å². The smallest absolute Gasteiger partial charge is 0.120 e. The molecule has 0 unspecified atom stereocenters. The first-order valence-corrected chi connectivity index (χ1v) is 7.18. The van der Waals surface area contributed by atoms with Gasteiger partial charge < -0.3 is 14.6 Å².